The van der Waals surface area contributed by atoms with E-state index in [4.69, 9.17) is 4.74 Å². The number of hydrogen-bond acceptors (Lipinski definition) is 5. The normalized spacial score (nSPS) is 31.3. The van der Waals surface area contributed by atoms with E-state index in [0.717, 1.165) is 11.1 Å². The third kappa shape index (κ3) is 3.84. The van der Waals surface area contributed by atoms with Gasteiger partial charge in [0.05, 0.1) is 30.6 Å². The minimum absolute atomic E-state index is 0.200. The van der Waals surface area contributed by atoms with E-state index in [1.165, 1.54) is 4.90 Å². The van der Waals surface area contributed by atoms with Gasteiger partial charge >= 0.3 is 0 Å². The van der Waals surface area contributed by atoms with Crippen LogP contribution >= 0.6 is 15.9 Å². The van der Waals surface area contributed by atoms with Gasteiger partial charge < -0.3 is 25.4 Å². The fraction of sp³-hybridized carbons (Fsp3) is 0.444. The lowest BCUT2D eigenvalue weighted by atomic mass is 9.70. The molecule has 3 heterocycles. The molecule has 3 amide bonds. The minimum Gasteiger partial charge on any atom is -0.394 e. The van der Waals surface area contributed by atoms with Gasteiger partial charge in [0.15, 0.2) is 0 Å². The summed E-state index contributed by atoms with van der Waals surface area (Å²) in [5.41, 5.74) is 1.99. The van der Waals surface area contributed by atoms with Gasteiger partial charge in [0.2, 0.25) is 17.7 Å². The molecule has 1 spiro atoms. The summed E-state index contributed by atoms with van der Waals surface area (Å²) in [7, 11) is 0. The summed E-state index contributed by atoms with van der Waals surface area (Å²) in [6, 6.07) is 13.2. The predicted molar refractivity (Wildman–Crippen MR) is 139 cm³/mol. The van der Waals surface area contributed by atoms with E-state index in [0.29, 0.717) is 17.8 Å². The first-order valence-corrected chi connectivity index (χ1v) is 13.1. The number of carbonyl (C=O) groups is 3. The van der Waals surface area contributed by atoms with Gasteiger partial charge in [0, 0.05) is 16.2 Å². The van der Waals surface area contributed by atoms with Crippen LogP contribution in [0.4, 0.5) is 11.4 Å². The summed E-state index contributed by atoms with van der Waals surface area (Å²) in [6.07, 6.45) is -0.145. The highest BCUT2D eigenvalue weighted by atomic mass is 79.9. The number of ether oxygens (including phenoxy) is 1. The molecule has 2 aromatic rings. The predicted octanol–water partition coefficient (Wildman–Crippen LogP) is 3.01. The zero-order chi connectivity index (χ0) is 25.8. The Hall–Kier alpha value is -2.75. The molecular weight excluding hydrogens is 526 g/mol. The molecule has 2 bridgehead atoms. The number of alkyl halides is 1. The fourth-order valence-electron chi connectivity index (χ4n) is 6.05. The number of hydrogen-bond donors (Lipinski definition) is 3. The average molecular weight is 556 g/mol. The average Bonchev–Trinajstić information content (AvgIpc) is 3.45. The monoisotopic (exact) mass is 555 g/mol. The maximum atomic E-state index is 13.9. The number of para-hydroxylation sites is 1. The van der Waals surface area contributed by atoms with Gasteiger partial charge in [-0.15, -0.1) is 0 Å². The fourth-order valence-corrected chi connectivity index (χ4v) is 6.99. The molecule has 9 heteroatoms. The molecule has 8 nitrogen and oxygen atoms in total. The molecule has 7 atom stereocenters. The summed E-state index contributed by atoms with van der Waals surface area (Å²) >= 11 is 3.66. The number of aliphatic hydroxyl groups is 1. The third-order valence-corrected chi connectivity index (χ3v) is 8.55. The van der Waals surface area contributed by atoms with E-state index in [2.05, 4.69) is 26.6 Å². The van der Waals surface area contributed by atoms with Gasteiger partial charge in [-0.1, -0.05) is 46.3 Å². The molecule has 3 unspecified atom stereocenters. The Bertz CT molecular complexity index is 1210. The van der Waals surface area contributed by atoms with E-state index in [1.807, 2.05) is 50.2 Å². The molecule has 0 aliphatic carbocycles. The van der Waals surface area contributed by atoms with Gasteiger partial charge in [0.25, 0.3) is 0 Å². The van der Waals surface area contributed by atoms with Gasteiger partial charge in [-0.25, -0.2) is 0 Å². The van der Waals surface area contributed by atoms with Crippen LogP contribution in [-0.4, -0.2) is 63.0 Å². The lowest BCUT2D eigenvalue weighted by Crippen LogP contribution is -2.56. The smallest absolute Gasteiger partial charge is 0.250 e. The molecule has 3 saturated heterocycles. The summed E-state index contributed by atoms with van der Waals surface area (Å²) in [5, 5.41) is 15.9. The second-order valence-electron chi connectivity index (χ2n) is 10.1. The topological polar surface area (TPSA) is 108 Å². The van der Waals surface area contributed by atoms with Crippen LogP contribution in [0.2, 0.25) is 0 Å². The molecule has 0 aromatic heterocycles. The molecule has 0 saturated carbocycles. The Morgan fingerprint density at radius 3 is 2.58 bits per heavy atom. The number of nitrogens with one attached hydrogen (secondary N) is 2. The maximum absolute atomic E-state index is 13.9. The summed E-state index contributed by atoms with van der Waals surface area (Å²) in [6.45, 7) is 5.23. The Morgan fingerprint density at radius 1 is 1.17 bits per heavy atom. The number of rotatable bonds is 6. The highest BCUT2D eigenvalue weighted by Gasteiger charge is 2.76. The van der Waals surface area contributed by atoms with Crippen LogP contribution in [0.15, 0.2) is 48.5 Å². The standard InChI is InChI=1S/C27H30BrN3O5/c1-14-9-10-15(2)19(11-14)30-25(34)23-27-12-18(28)22(36-27)20(21(27)26(35)31(23)16(3)13-32)24(33)29-17-7-5-4-6-8-17/h4-11,16,18,20-23,32H,12-13H2,1-3H3,(H,29,33)(H,30,34)/t16-,18?,20-,21+,22-,23?,27?/m1/s1. The second kappa shape index (κ2) is 9.28. The van der Waals surface area contributed by atoms with Crippen LogP contribution in [0.5, 0.6) is 0 Å². The second-order valence-corrected chi connectivity index (χ2v) is 11.3. The highest BCUT2D eigenvalue weighted by Crippen LogP contribution is 2.60. The Morgan fingerprint density at radius 2 is 1.89 bits per heavy atom. The summed E-state index contributed by atoms with van der Waals surface area (Å²) in [4.78, 5) is 42.5. The minimum atomic E-state index is -1.18. The van der Waals surface area contributed by atoms with Crippen LogP contribution in [-0.2, 0) is 19.1 Å². The lowest BCUT2D eigenvalue weighted by molar-refractivity contribution is -0.142. The zero-order valence-corrected chi connectivity index (χ0v) is 22.0. The molecule has 3 aliphatic rings. The quantitative estimate of drug-likeness (QED) is 0.475. The van der Waals surface area contributed by atoms with Crippen molar-refractivity contribution in [2.24, 2.45) is 11.8 Å². The van der Waals surface area contributed by atoms with Gasteiger partial charge in [0.1, 0.15) is 11.6 Å². The van der Waals surface area contributed by atoms with Crippen molar-refractivity contribution in [2.75, 3.05) is 17.2 Å². The Kier molecular flexibility index (Phi) is 6.43. The van der Waals surface area contributed by atoms with Crippen molar-refractivity contribution in [3.63, 3.8) is 0 Å². The first-order chi connectivity index (χ1) is 17.2. The van der Waals surface area contributed by atoms with E-state index >= 15 is 0 Å². The van der Waals surface area contributed by atoms with E-state index in [9.17, 15) is 19.5 Å². The molecule has 3 aliphatic heterocycles. The van der Waals surface area contributed by atoms with Crippen molar-refractivity contribution in [1.29, 1.82) is 0 Å². The van der Waals surface area contributed by atoms with Crippen molar-refractivity contribution in [3.05, 3.63) is 59.7 Å². The van der Waals surface area contributed by atoms with Crippen LogP contribution in [0.1, 0.15) is 24.5 Å². The van der Waals surface area contributed by atoms with E-state index in [1.54, 1.807) is 19.1 Å². The van der Waals surface area contributed by atoms with E-state index in [-0.39, 0.29) is 29.2 Å². The summed E-state index contributed by atoms with van der Waals surface area (Å²) < 4.78 is 6.48. The van der Waals surface area contributed by atoms with Crippen molar-refractivity contribution >= 4 is 45.0 Å². The lowest BCUT2D eigenvalue weighted by Gasteiger charge is -2.35. The van der Waals surface area contributed by atoms with Crippen molar-refractivity contribution in [1.82, 2.24) is 4.90 Å². The zero-order valence-electron chi connectivity index (χ0n) is 20.4. The first kappa shape index (κ1) is 24.9. The number of aryl methyl sites for hydroxylation is 2. The molecule has 190 valence electrons. The third-order valence-electron chi connectivity index (χ3n) is 7.71. The number of fused-ring (bicyclic) bond motifs is 1. The number of nitrogens with zero attached hydrogens (tertiary/aromatic N) is 1. The number of carbonyl (C=O) groups excluding carboxylic acids is 3. The summed E-state index contributed by atoms with van der Waals surface area (Å²) in [5.74, 6) is -2.65. The van der Waals surface area contributed by atoms with Crippen molar-refractivity contribution < 1.29 is 24.2 Å². The number of halogens is 1. The molecule has 0 radical (unpaired) electrons. The SMILES string of the molecule is Cc1ccc(C)c(NC(=O)C2N([C@H](C)CO)C(=O)[C@@H]3[C@@H](C(=O)Nc4ccccc4)[C@@H]4OC23CC4Br)c1. The number of anilines is 2. The van der Waals surface area contributed by atoms with Crippen LogP contribution < -0.4 is 10.6 Å². The van der Waals surface area contributed by atoms with E-state index < -0.39 is 35.6 Å². The molecule has 3 N–H and O–H groups in total. The molecular formula is C27H30BrN3O5. The number of benzene rings is 2. The van der Waals surface area contributed by atoms with Gasteiger partial charge in [-0.05, 0) is 56.5 Å². The number of likely N-dealkylation sites (tertiary alicyclic amines) is 1. The van der Waals surface area contributed by atoms with Crippen molar-refractivity contribution in [2.45, 2.75) is 55.8 Å². The molecule has 36 heavy (non-hydrogen) atoms. The molecule has 3 fully saturated rings. The Labute approximate surface area is 218 Å². The number of amides is 3. The largest absolute Gasteiger partial charge is 0.394 e. The molecule has 2 aromatic carbocycles. The van der Waals surface area contributed by atoms with Crippen molar-refractivity contribution in [3.8, 4) is 0 Å². The van der Waals surface area contributed by atoms with Gasteiger partial charge in [-0.3, -0.25) is 14.4 Å². The van der Waals surface area contributed by atoms with Crippen LogP contribution in [0, 0.1) is 25.7 Å². The highest BCUT2D eigenvalue weighted by molar-refractivity contribution is 9.09. The maximum Gasteiger partial charge on any atom is 0.250 e. The van der Waals surface area contributed by atoms with Crippen LogP contribution in [0.3, 0.4) is 0 Å². The number of aliphatic hydroxyl groups excluding tert-OH is 1. The molecule has 5 rings (SSSR count). The van der Waals surface area contributed by atoms with Gasteiger partial charge in [-0.2, -0.15) is 0 Å². The van der Waals surface area contributed by atoms with Crippen LogP contribution in [0.25, 0.3) is 0 Å². The Balaban J connectivity index is 1.52. The first-order valence-electron chi connectivity index (χ1n) is 12.2.